The highest BCUT2D eigenvalue weighted by Crippen LogP contribution is 2.20. The molecular formula is C16H28IN3O2. The van der Waals surface area contributed by atoms with E-state index in [1.165, 1.54) is 5.56 Å². The van der Waals surface area contributed by atoms with Crippen molar-refractivity contribution in [2.45, 2.75) is 32.6 Å². The number of hydrogen-bond acceptors (Lipinski definition) is 3. The first kappa shape index (κ1) is 21.1. The second-order valence-corrected chi connectivity index (χ2v) is 5.01. The van der Waals surface area contributed by atoms with E-state index in [0.717, 1.165) is 18.5 Å². The van der Waals surface area contributed by atoms with Gasteiger partial charge in [0, 0.05) is 18.8 Å². The minimum absolute atomic E-state index is 0. The summed E-state index contributed by atoms with van der Waals surface area (Å²) in [5.41, 5.74) is 8.11. The largest absolute Gasteiger partial charge is 0.394 e. The van der Waals surface area contributed by atoms with E-state index in [2.05, 4.69) is 36.3 Å². The third-order valence-electron chi connectivity index (χ3n) is 3.33. The number of ether oxygens (including phenoxy) is 1. The van der Waals surface area contributed by atoms with Gasteiger partial charge in [0.1, 0.15) is 0 Å². The third kappa shape index (κ3) is 8.55. The van der Waals surface area contributed by atoms with Crippen LogP contribution in [0.4, 0.5) is 5.69 Å². The zero-order valence-corrected chi connectivity index (χ0v) is 15.7. The summed E-state index contributed by atoms with van der Waals surface area (Å²) in [5, 5.41) is 11.6. The van der Waals surface area contributed by atoms with Crippen LogP contribution in [-0.4, -0.2) is 37.4 Å². The van der Waals surface area contributed by atoms with Gasteiger partial charge >= 0.3 is 0 Å². The molecule has 0 aliphatic rings. The molecule has 0 aromatic heterocycles. The molecule has 22 heavy (non-hydrogen) atoms. The van der Waals surface area contributed by atoms with Crippen LogP contribution in [0.3, 0.4) is 0 Å². The molecule has 5 nitrogen and oxygen atoms in total. The average molecular weight is 421 g/mol. The third-order valence-corrected chi connectivity index (χ3v) is 3.33. The lowest BCUT2D eigenvalue weighted by Crippen LogP contribution is -2.23. The minimum atomic E-state index is 0. The highest BCUT2D eigenvalue weighted by Gasteiger charge is 2.02. The summed E-state index contributed by atoms with van der Waals surface area (Å²) >= 11 is 0. The van der Waals surface area contributed by atoms with E-state index in [1.807, 2.05) is 12.1 Å². The summed E-state index contributed by atoms with van der Waals surface area (Å²) in [6, 6.07) is 8.28. The molecule has 0 aliphatic carbocycles. The van der Waals surface area contributed by atoms with Gasteiger partial charge in [-0.25, -0.2) is 0 Å². The van der Waals surface area contributed by atoms with Gasteiger partial charge < -0.3 is 20.9 Å². The number of aliphatic imine (C=N–C) groups is 1. The van der Waals surface area contributed by atoms with Gasteiger partial charge in [-0.1, -0.05) is 26.0 Å². The maximum Gasteiger partial charge on any atom is 0.193 e. The molecule has 0 saturated carbocycles. The van der Waals surface area contributed by atoms with Gasteiger partial charge in [-0.3, -0.25) is 4.99 Å². The first-order valence-electron chi connectivity index (χ1n) is 7.52. The van der Waals surface area contributed by atoms with Crippen LogP contribution in [0.5, 0.6) is 0 Å². The molecule has 1 rings (SSSR count). The fourth-order valence-electron chi connectivity index (χ4n) is 1.85. The molecule has 1 unspecified atom stereocenters. The van der Waals surface area contributed by atoms with Crippen molar-refractivity contribution in [2.75, 3.05) is 31.7 Å². The molecule has 0 spiro atoms. The first-order valence-corrected chi connectivity index (χ1v) is 7.52. The van der Waals surface area contributed by atoms with Gasteiger partial charge in [-0.15, -0.1) is 24.0 Å². The Labute approximate surface area is 150 Å². The zero-order chi connectivity index (χ0) is 15.5. The van der Waals surface area contributed by atoms with Gasteiger partial charge in [-0.05, 0) is 36.5 Å². The van der Waals surface area contributed by atoms with E-state index in [9.17, 15) is 0 Å². The Kier molecular flexibility index (Phi) is 12.2. The zero-order valence-electron chi connectivity index (χ0n) is 13.4. The maximum atomic E-state index is 8.56. The number of rotatable bonds is 9. The molecule has 4 N–H and O–H groups in total. The molecule has 0 heterocycles. The summed E-state index contributed by atoms with van der Waals surface area (Å²) in [5.74, 6) is 0.984. The van der Waals surface area contributed by atoms with E-state index >= 15 is 0 Å². The Bertz CT molecular complexity index is 424. The summed E-state index contributed by atoms with van der Waals surface area (Å²) < 4.78 is 5.15. The smallest absolute Gasteiger partial charge is 0.193 e. The van der Waals surface area contributed by atoms with Crippen LogP contribution in [0.1, 0.15) is 38.2 Å². The van der Waals surface area contributed by atoms with Crippen molar-refractivity contribution in [1.82, 2.24) is 0 Å². The van der Waals surface area contributed by atoms with Gasteiger partial charge in [-0.2, -0.15) is 0 Å². The topological polar surface area (TPSA) is 79.9 Å². The van der Waals surface area contributed by atoms with Crippen molar-refractivity contribution in [3.63, 3.8) is 0 Å². The molecule has 0 fully saturated rings. The van der Waals surface area contributed by atoms with E-state index in [0.29, 0.717) is 31.6 Å². The Morgan fingerprint density at radius 3 is 2.59 bits per heavy atom. The van der Waals surface area contributed by atoms with Crippen molar-refractivity contribution in [2.24, 2.45) is 10.7 Å². The van der Waals surface area contributed by atoms with E-state index in [4.69, 9.17) is 15.6 Å². The Hall–Kier alpha value is -0.860. The lowest BCUT2D eigenvalue weighted by atomic mass is 9.99. The molecule has 0 amide bonds. The van der Waals surface area contributed by atoms with Gasteiger partial charge in [0.15, 0.2) is 5.96 Å². The van der Waals surface area contributed by atoms with Crippen LogP contribution < -0.4 is 11.1 Å². The summed E-state index contributed by atoms with van der Waals surface area (Å²) in [7, 11) is 0. The molecule has 126 valence electrons. The normalized spacial score (nSPS) is 12.6. The molecule has 1 atom stereocenters. The Morgan fingerprint density at radius 1 is 1.32 bits per heavy atom. The number of benzene rings is 1. The fraction of sp³-hybridized carbons (Fsp3) is 0.562. The van der Waals surface area contributed by atoms with E-state index in [-0.39, 0.29) is 30.6 Å². The van der Waals surface area contributed by atoms with Crippen molar-refractivity contribution in [3.8, 4) is 0 Å². The Morgan fingerprint density at radius 2 is 2.00 bits per heavy atom. The molecule has 1 aromatic carbocycles. The number of nitrogens with two attached hydrogens (primary N) is 1. The van der Waals surface area contributed by atoms with Crippen molar-refractivity contribution < 1.29 is 9.84 Å². The number of halogens is 1. The number of nitrogens with zero attached hydrogens (tertiary/aromatic N) is 1. The molecule has 0 aliphatic heterocycles. The van der Waals surface area contributed by atoms with Crippen LogP contribution in [0.25, 0.3) is 0 Å². The van der Waals surface area contributed by atoms with Gasteiger partial charge in [0.2, 0.25) is 0 Å². The predicted molar refractivity (Wildman–Crippen MR) is 103 cm³/mol. The summed E-state index contributed by atoms with van der Waals surface area (Å²) in [6.07, 6.45) is 1.92. The standard InChI is InChI=1S/C16H27N3O2.HI/c1-3-13(2)14-5-7-15(8-6-14)19-16(17)18-9-4-11-21-12-10-20;/h5-8,13,20H,3-4,9-12H2,1-2H3,(H3,17,18,19);1H. The molecular weight excluding hydrogens is 393 g/mol. The maximum absolute atomic E-state index is 8.56. The second-order valence-electron chi connectivity index (χ2n) is 5.01. The van der Waals surface area contributed by atoms with Crippen LogP contribution in [-0.2, 0) is 4.74 Å². The number of aliphatic hydroxyl groups is 1. The van der Waals surface area contributed by atoms with Crippen LogP contribution in [0.15, 0.2) is 29.3 Å². The molecule has 0 radical (unpaired) electrons. The Balaban J connectivity index is 0.00000441. The lowest BCUT2D eigenvalue weighted by Gasteiger charge is -2.10. The number of hydrogen-bond donors (Lipinski definition) is 3. The molecule has 0 saturated heterocycles. The SMILES string of the molecule is CCC(C)c1ccc(NC(N)=NCCCOCCO)cc1.I. The highest BCUT2D eigenvalue weighted by molar-refractivity contribution is 14.0. The van der Waals surface area contributed by atoms with Crippen molar-refractivity contribution >= 4 is 35.6 Å². The minimum Gasteiger partial charge on any atom is -0.394 e. The average Bonchev–Trinajstić information content (AvgIpc) is 2.50. The number of anilines is 1. The highest BCUT2D eigenvalue weighted by atomic mass is 127. The van der Waals surface area contributed by atoms with Gasteiger partial charge in [0.25, 0.3) is 0 Å². The molecule has 0 bridgehead atoms. The first-order chi connectivity index (χ1) is 10.2. The van der Waals surface area contributed by atoms with Crippen LogP contribution >= 0.6 is 24.0 Å². The number of nitrogens with one attached hydrogen (secondary N) is 1. The lowest BCUT2D eigenvalue weighted by molar-refractivity contribution is 0.0918. The van der Waals surface area contributed by atoms with Crippen LogP contribution in [0.2, 0.25) is 0 Å². The monoisotopic (exact) mass is 421 g/mol. The summed E-state index contributed by atoms with van der Waals surface area (Å²) in [4.78, 5) is 4.23. The second kappa shape index (κ2) is 12.7. The van der Waals surface area contributed by atoms with E-state index in [1.54, 1.807) is 0 Å². The van der Waals surface area contributed by atoms with Crippen LogP contribution in [0, 0.1) is 0 Å². The fourth-order valence-corrected chi connectivity index (χ4v) is 1.85. The summed E-state index contributed by atoms with van der Waals surface area (Å²) in [6.45, 7) is 6.03. The number of guanidine groups is 1. The number of aliphatic hydroxyl groups excluding tert-OH is 1. The quantitative estimate of drug-likeness (QED) is 0.248. The molecule has 6 heteroatoms. The van der Waals surface area contributed by atoms with Gasteiger partial charge in [0.05, 0.1) is 13.2 Å². The van der Waals surface area contributed by atoms with Crippen molar-refractivity contribution in [3.05, 3.63) is 29.8 Å². The van der Waals surface area contributed by atoms with E-state index < -0.39 is 0 Å². The van der Waals surface area contributed by atoms with Crippen molar-refractivity contribution in [1.29, 1.82) is 0 Å². The molecule has 1 aromatic rings. The predicted octanol–water partition coefficient (Wildman–Crippen LogP) is 2.94.